The summed E-state index contributed by atoms with van der Waals surface area (Å²) in [5.41, 5.74) is 2.08. The SMILES string of the molecule is O=C1CCC(C(=O)NCCn2ccc(-c3ccsc3)n2)CC1. The van der Waals surface area contributed by atoms with Gasteiger partial charge in [0.05, 0.1) is 12.2 Å². The minimum Gasteiger partial charge on any atom is -0.354 e. The molecule has 1 saturated carbocycles. The Labute approximate surface area is 133 Å². The Kier molecular flexibility index (Phi) is 4.68. The van der Waals surface area contributed by atoms with Gasteiger partial charge < -0.3 is 5.32 Å². The first kappa shape index (κ1) is 15.0. The minimum atomic E-state index is -0.00307. The minimum absolute atomic E-state index is 0.00307. The quantitative estimate of drug-likeness (QED) is 0.921. The number of hydrogen-bond acceptors (Lipinski definition) is 4. The lowest BCUT2D eigenvalue weighted by Crippen LogP contribution is -2.35. The molecule has 6 heteroatoms. The lowest BCUT2D eigenvalue weighted by Gasteiger charge is -2.20. The maximum absolute atomic E-state index is 12.0. The number of thiophene rings is 1. The molecule has 3 rings (SSSR count). The molecule has 2 aromatic heterocycles. The maximum atomic E-state index is 12.0. The molecule has 1 amide bonds. The van der Waals surface area contributed by atoms with E-state index in [1.807, 2.05) is 28.4 Å². The van der Waals surface area contributed by atoms with E-state index in [1.165, 1.54) is 0 Å². The lowest BCUT2D eigenvalue weighted by atomic mass is 9.88. The second-order valence-electron chi connectivity index (χ2n) is 5.58. The molecule has 0 aromatic carbocycles. The predicted octanol–water partition coefficient (Wildman–Crippen LogP) is 2.49. The third-order valence-electron chi connectivity index (χ3n) is 4.01. The average Bonchev–Trinajstić information content (AvgIpc) is 3.19. The number of carbonyl (C=O) groups excluding carboxylic acids is 2. The highest BCUT2D eigenvalue weighted by Crippen LogP contribution is 2.21. The van der Waals surface area contributed by atoms with E-state index in [0.29, 0.717) is 38.8 Å². The number of aromatic nitrogens is 2. The highest BCUT2D eigenvalue weighted by molar-refractivity contribution is 7.08. The smallest absolute Gasteiger partial charge is 0.223 e. The van der Waals surface area contributed by atoms with Gasteiger partial charge in [-0.25, -0.2) is 0 Å². The molecule has 2 heterocycles. The van der Waals surface area contributed by atoms with Crippen LogP contribution in [0.2, 0.25) is 0 Å². The van der Waals surface area contributed by atoms with Crippen LogP contribution in [0, 0.1) is 5.92 Å². The molecule has 0 unspecified atom stereocenters. The standard InChI is InChI=1S/C16H19N3O2S/c20-14-3-1-12(2-4-14)16(21)17-7-9-19-8-5-15(18-19)13-6-10-22-11-13/h5-6,8,10-12H,1-4,7,9H2,(H,17,21). The molecule has 22 heavy (non-hydrogen) atoms. The Morgan fingerprint density at radius 3 is 2.91 bits per heavy atom. The van der Waals surface area contributed by atoms with Crippen molar-refractivity contribution >= 4 is 23.0 Å². The summed E-state index contributed by atoms with van der Waals surface area (Å²) in [7, 11) is 0. The van der Waals surface area contributed by atoms with Crippen LogP contribution in [0.15, 0.2) is 29.1 Å². The molecule has 5 nitrogen and oxygen atoms in total. The highest BCUT2D eigenvalue weighted by atomic mass is 32.1. The summed E-state index contributed by atoms with van der Waals surface area (Å²) in [5, 5.41) is 11.5. The third kappa shape index (κ3) is 3.62. The van der Waals surface area contributed by atoms with Gasteiger partial charge in [-0.05, 0) is 30.4 Å². The van der Waals surface area contributed by atoms with Crippen molar-refractivity contribution in [3.8, 4) is 11.3 Å². The summed E-state index contributed by atoms with van der Waals surface area (Å²) in [6.07, 6.45) is 4.39. The van der Waals surface area contributed by atoms with E-state index < -0.39 is 0 Å². The van der Waals surface area contributed by atoms with Crippen molar-refractivity contribution in [2.45, 2.75) is 32.2 Å². The summed E-state index contributed by atoms with van der Waals surface area (Å²) in [6.45, 7) is 1.22. The fraction of sp³-hybridized carbons (Fsp3) is 0.438. The number of rotatable bonds is 5. The van der Waals surface area contributed by atoms with Gasteiger partial charge in [0.1, 0.15) is 5.78 Å². The number of amides is 1. The van der Waals surface area contributed by atoms with Gasteiger partial charge in [-0.15, -0.1) is 0 Å². The first-order valence-corrected chi connectivity index (χ1v) is 8.52. The first-order chi connectivity index (χ1) is 10.7. The Morgan fingerprint density at radius 1 is 1.36 bits per heavy atom. The average molecular weight is 317 g/mol. The Morgan fingerprint density at radius 2 is 2.18 bits per heavy atom. The van der Waals surface area contributed by atoms with Crippen LogP contribution in [-0.2, 0) is 16.1 Å². The number of nitrogens with zero attached hydrogens (tertiary/aromatic N) is 2. The molecule has 0 atom stereocenters. The molecular formula is C16H19N3O2S. The molecule has 0 bridgehead atoms. The lowest BCUT2D eigenvalue weighted by molar-refractivity contribution is -0.128. The van der Waals surface area contributed by atoms with Gasteiger partial charge in [-0.1, -0.05) is 0 Å². The zero-order valence-corrected chi connectivity index (χ0v) is 13.1. The number of nitrogens with one attached hydrogen (secondary N) is 1. The van der Waals surface area contributed by atoms with Crippen LogP contribution in [0.25, 0.3) is 11.3 Å². The van der Waals surface area contributed by atoms with Gasteiger partial charge in [-0.3, -0.25) is 14.3 Å². The zero-order valence-electron chi connectivity index (χ0n) is 12.3. The van der Waals surface area contributed by atoms with Gasteiger partial charge >= 0.3 is 0 Å². The van der Waals surface area contributed by atoms with Crippen LogP contribution < -0.4 is 5.32 Å². The monoisotopic (exact) mass is 317 g/mol. The van der Waals surface area contributed by atoms with E-state index in [1.54, 1.807) is 11.3 Å². The second kappa shape index (κ2) is 6.87. The molecule has 0 spiro atoms. The number of Topliss-reactive ketones (excluding diaryl/α,β-unsaturated/α-hetero) is 1. The van der Waals surface area contributed by atoms with Gasteiger partial charge in [0, 0.05) is 42.4 Å². The van der Waals surface area contributed by atoms with Crippen molar-refractivity contribution in [2.75, 3.05) is 6.54 Å². The Balaban J connectivity index is 1.45. The Bertz CT molecular complexity index is 638. The van der Waals surface area contributed by atoms with Crippen LogP contribution in [0.1, 0.15) is 25.7 Å². The molecule has 1 aliphatic rings. The summed E-state index contributed by atoms with van der Waals surface area (Å²) in [6, 6.07) is 4.03. The normalized spacial score (nSPS) is 15.9. The van der Waals surface area contributed by atoms with Crippen molar-refractivity contribution < 1.29 is 9.59 Å². The topological polar surface area (TPSA) is 64.0 Å². The molecule has 1 aliphatic carbocycles. The summed E-state index contributed by atoms with van der Waals surface area (Å²) in [5.74, 6) is 0.343. The predicted molar refractivity (Wildman–Crippen MR) is 85.5 cm³/mol. The number of ketones is 1. The van der Waals surface area contributed by atoms with Crippen molar-refractivity contribution in [1.29, 1.82) is 0 Å². The van der Waals surface area contributed by atoms with Crippen molar-refractivity contribution in [1.82, 2.24) is 15.1 Å². The molecule has 2 aromatic rings. The zero-order chi connectivity index (χ0) is 15.4. The van der Waals surface area contributed by atoms with E-state index in [9.17, 15) is 9.59 Å². The van der Waals surface area contributed by atoms with Crippen molar-refractivity contribution in [3.63, 3.8) is 0 Å². The summed E-state index contributed by atoms with van der Waals surface area (Å²) < 4.78 is 1.84. The van der Waals surface area contributed by atoms with Crippen LogP contribution in [0.4, 0.5) is 0 Å². The van der Waals surface area contributed by atoms with Crippen LogP contribution >= 0.6 is 11.3 Å². The van der Waals surface area contributed by atoms with Crippen LogP contribution in [0.3, 0.4) is 0 Å². The number of carbonyl (C=O) groups is 2. The van der Waals surface area contributed by atoms with E-state index in [4.69, 9.17) is 0 Å². The highest BCUT2D eigenvalue weighted by Gasteiger charge is 2.24. The van der Waals surface area contributed by atoms with E-state index in [0.717, 1.165) is 11.3 Å². The number of hydrogen-bond donors (Lipinski definition) is 1. The van der Waals surface area contributed by atoms with E-state index >= 15 is 0 Å². The largest absolute Gasteiger partial charge is 0.354 e. The van der Waals surface area contributed by atoms with Crippen LogP contribution in [-0.4, -0.2) is 28.0 Å². The molecule has 1 N–H and O–H groups in total. The second-order valence-corrected chi connectivity index (χ2v) is 6.36. The van der Waals surface area contributed by atoms with Gasteiger partial charge in [0.15, 0.2) is 0 Å². The molecule has 0 saturated heterocycles. The van der Waals surface area contributed by atoms with Gasteiger partial charge in [0.2, 0.25) is 5.91 Å². The molecule has 0 radical (unpaired) electrons. The third-order valence-corrected chi connectivity index (χ3v) is 4.70. The molecular weight excluding hydrogens is 298 g/mol. The fourth-order valence-electron chi connectivity index (χ4n) is 2.69. The van der Waals surface area contributed by atoms with Crippen molar-refractivity contribution in [2.24, 2.45) is 5.92 Å². The summed E-state index contributed by atoms with van der Waals surface area (Å²) in [4.78, 5) is 23.2. The summed E-state index contributed by atoms with van der Waals surface area (Å²) >= 11 is 1.65. The first-order valence-electron chi connectivity index (χ1n) is 7.58. The van der Waals surface area contributed by atoms with Gasteiger partial charge in [0.25, 0.3) is 0 Å². The molecule has 0 aliphatic heterocycles. The fourth-order valence-corrected chi connectivity index (χ4v) is 3.34. The molecule has 1 fully saturated rings. The Hall–Kier alpha value is -1.95. The maximum Gasteiger partial charge on any atom is 0.223 e. The van der Waals surface area contributed by atoms with E-state index in [2.05, 4.69) is 15.8 Å². The van der Waals surface area contributed by atoms with Gasteiger partial charge in [-0.2, -0.15) is 16.4 Å². The van der Waals surface area contributed by atoms with E-state index in [-0.39, 0.29) is 17.6 Å². The van der Waals surface area contributed by atoms with Crippen LogP contribution in [0.5, 0.6) is 0 Å². The van der Waals surface area contributed by atoms with Crippen molar-refractivity contribution in [3.05, 3.63) is 29.1 Å². The molecule has 116 valence electrons.